The van der Waals surface area contributed by atoms with Gasteiger partial charge in [0.05, 0.1) is 13.2 Å². The number of hydrogen-bond donors (Lipinski definition) is 0. The van der Waals surface area contributed by atoms with Gasteiger partial charge in [0, 0.05) is 11.8 Å². The Bertz CT molecular complexity index is 617. The number of rotatable bonds is 7. The number of unbranched alkanes of at least 4 members (excludes halogenated alkanes) is 2. The lowest BCUT2D eigenvalue weighted by atomic mass is 10.2. The van der Waals surface area contributed by atoms with Crippen LogP contribution in [0.5, 0.6) is 5.75 Å². The highest BCUT2D eigenvalue weighted by Gasteiger charge is 2.05. The topological polar surface area (TPSA) is 31.2 Å². The van der Waals surface area contributed by atoms with Crippen molar-refractivity contribution in [3.8, 4) is 5.75 Å². The van der Waals surface area contributed by atoms with E-state index in [4.69, 9.17) is 4.74 Å². The van der Waals surface area contributed by atoms with Crippen molar-refractivity contribution in [2.24, 2.45) is 0 Å². The Morgan fingerprint density at radius 2 is 1.86 bits per heavy atom. The monoisotopic (exact) mass is 285 g/mol. The molecule has 0 radical (unpaired) electrons. The van der Waals surface area contributed by atoms with E-state index in [1.807, 2.05) is 43.3 Å². The van der Waals surface area contributed by atoms with Crippen molar-refractivity contribution in [2.75, 3.05) is 6.61 Å². The third-order valence-electron chi connectivity index (χ3n) is 3.51. The summed E-state index contributed by atoms with van der Waals surface area (Å²) in [5.74, 6) is 0.679. The van der Waals surface area contributed by atoms with Gasteiger partial charge in [0.25, 0.3) is 5.56 Å². The number of hydrogen-bond acceptors (Lipinski definition) is 2. The predicted molar refractivity (Wildman–Crippen MR) is 86.0 cm³/mol. The van der Waals surface area contributed by atoms with E-state index >= 15 is 0 Å². The Morgan fingerprint density at radius 3 is 2.52 bits per heavy atom. The molecule has 0 bridgehead atoms. The Labute approximate surface area is 126 Å². The fourth-order valence-electron chi connectivity index (χ4n) is 2.29. The predicted octanol–water partition coefficient (Wildman–Crippen LogP) is 3.77. The molecule has 0 saturated carbocycles. The second-order valence-corrected chi connectivity index (χ2v) is 5.30. The normalized spacial score (nSPS) is 10.6. The van der Waals surface area contributed by atoms with Crippen LogP contribution >= 0.6 is 0 Å². The van der Waals surface area contributed by atoms with Crippen molar-refractivity contribution < 1.29 is 4.74 Å². The maximum Gasteiger partial charge on any atom is 0.254 e. The van der Waals surface area contributed by atoms with Crippen LogP contribution in [0.1, 0.15) is 37.4 Å². The van der Waals surface area contributed by atoms with Crippen LogP contribution < -0.4 is 10.3 Å². The van der Waals surface area contributed by atoms with Crippen molar-refractivity contribution in [1.82, 2.24) is 4.57 Å². The lowest BCUT2D eigenvalue weighted by molar-refractivity contribution is 0.304. The summed E-state index contributed by atoms with van der Waals surface area (Å²) in [6.45, 7) is 5.38. The van der Waals surface area contributed by atoms with Gasteiger partial charge >= 0.3 is 0 Å². The van der Waals surface area contributed by atoms with Crippen molar-refractivity contribution in [2.45, 2.75) is 39.7 Å². The van der Waals surface area contributed by atoms with Gasteiger partial charge in [0.1, 0.15) is 5.75 Å². The smallest absolute Gasteiger partial charge is 0.254 e. The second kappa shape index (κ2) is 7.67. The molecule has 0 unspecified atom stereocenters. The summed E-state index contributed by atoms with van der Waals surface area (Å²) in [5, 5.41) is 0. The largest absolute Gasteiger partial charge is 0.493 e. The molecular formula is C18H23NO2. The molecule has 0 N–H and O–H groups in total. The molecule has 0 aliphatic heterocycles. The van der Waals surface area contributed by atoms with Gasteiger partial charge in [-0.15, -0.1) is 0 Å². The fourth-order valence-corrected chi connectivity index (χ4v) is 2.29. The highest BCUT2D eigenvalue weighted by molar-refractivity contribution is 5.25. The minimum atomic E-state index is -0.00987. The number of nitrogens with zero attached hydrogens (tertiary/aromatic N) is 1. The van der Waals surface area contributed by atoms with E-state index in [2.05, 4.69) is 6.92 Å². The zero-order valence-corrected chi connectivity index (χ0v) is 12.8. The molecule has 3 nitrogen and oxygen atoms in total. The van der Waals surface area contributed by atoms with Crippen LogP contribution in [0.3, 0.4) is 0 Å². The van der Waals surface area contributed by atoms with Crippen LogP contribution in [-0.4, -0.2) is 11.2 Å². The average molecular weight is 285 g/mol. The summed E-state index contributed by atoms with van der Waals surface area (Å²) in [5.41, 5.74) is 2.04. The minimum Gasteiger partial charge on any atom is -0.493 e. The molecule has 0 aliphatic rings. The highest BCUT2D eigenvalue weighted by atomic mass is 16.5. The van der Waals surface area contributed by atoms with Crippen LogP contribution in [-0.2, 0) is 6.54 Å². The van der Waals surface area contributed by atoms with Crippen molar-refractivity contribution in [3.05, 3.63) is 64.1 Å². The van der Waals surface area contributed by atoms with Crippen LogP contribution in [0.4, 0.5) is 0 Å². The summed E-state index contributed by atoms with van der Waals surface area (Å²) < 4.78 is 7.43. The molecule has 2 aromatic rings. The van der Waals surface area contributed by atoms with E-state index in [0.29, 0.717) is 18.9 Å². The van der Waals surface area contributed by atoms with Gasteiger partial charge in [-0.1, -0.05) is 50.1 Å². The molecule has 3 heteroatoms. The van der Waals surface area contributed by atoms with E-state index < -0.39 is 0 Å². The Balaban J connectivity index is 2.08. The Morgan fingerprint density at radius 1 is 1.10 bits per heavy atom. The molecule has 1 heterocycles. The summed E-state index contributed by atoms with van der Waals surface area (Å²) >= 11 is 0. The number of aromatic nitrogens is 1. The standard InChI is InChI=1S/C18H23NO2/c1-3-4-8-11-21-17-12-15(2)19(18(20)13-17)14-16-9-6-5-7-10-16/h5-7,9-10,12-13H,3-4,8,11,14H2,1-2H3. The fraction of sp³-hybridized carbons (Fsp3) is 0.389. The maximum atomic E-state index is 12.2. The minimum absolute atomic E-state index is 0.00987. The number of pyridine rings is 1. The summed E-state index contributed by atoms with van der Waals surface area (Å²) in [6.07, 6.45) is 3.35. The zero-order chi connectivity index (χ0) is 15.1. The lowest BCUT2D eigenvalue weighted by Crippen LogP contribution is -2.22. The number of benzene rings is 1. The van der Waals surface area contributed by atoms with Crippen molar-refractivity contribution in [1.29, 1.82) is 0 Å². The van der Waals surface area contributed by atoms with Gasteiger partial charge in [-0.2, -0.15) is 0 Å². The number of aryl methyl sites for hydroxylation is 1. The third-order valence-corrected chi connectivity index (χ3v) is 3.51. The first-order valence-corrected chi connectivity index (χ1v) is 7.59. The molecule has 0 amide bonds. The van der Waals surface area contributed by atoms with Gasteiger partial charge in [-0.05, 0) is 25.0 Å². The second-order valence-electron chi connectivity index (χ2n) is 5.30. The van der Waals surface area contributed by atoms with Gasteiger partial charge in [0.2, 0.25) is 0 Å². The summed E-state index contributed by atoms with van der Waals surface area (Å²) in [6, 6.07) is 13.5. The first-order valence-electron chi connectivity index (χ1n) is 7.59. The third kappa shape index (κ3) is 4.48. The van der Waals surface area contributed by atoms with Crippen LogP contribution in [0.25, 0.3) is 0 Å². The highest BCUT2D eigenvalue weighted by Crippen LogP contribution is 2.12. The molecule has 0 atom stereocenters. The van der Waals surface area contributed by atoms with E-state index in [1.54, 1.807) is 10.6 Å². The van der Waals surface area contributed by atoms with E-state index in [-0.39, 0.29) is 5.56 Å². The van der Waals surface area contributed by atoms with E-state index in [0.717, 1.165) is 24.1 Å². The first-order chi connectivity index (χ1) is 10.2. The van der Waals surface area contributed by atoms with Gasteiger partial charge in [-0.25, -0.2) is 0 Å². The molecule has 1 aromatic carbocycles. The molecular weight excluding hydrogens is 262 g/mol. The van der Waals surface area contributed by atoms with E-state index in [1.165, 1.54) is 6.42 Å². The lowest BCUT2D eigenvalue weighted by Gasteiger charge is -2.12. The molecule has 0 spiro atoms. The molecule has 112 valence electrons. The molecule has 2 rings (SSSR count). The molecule has 21 heavy (non-hydrogen) atoms. The van der Waals surface area contributed by atoms with Crippen LogP contribution in [0.15, 0.2) is 47.3 Å². The van der Waals surface area contributed by atoms with Crippen molar-refractivity contribution in [3.63, 3.8) is 0 Å². The van der Waals surface area contributed by atoms with Crippen LogP contribution in [0, 0.1) is 6.92 Å². The Hall–Kier alpha value is -2.03. The molecule has 1 aromatic heterocycles. The summed E-state index contributed by atoms with van der Waals surface area (Å²) in [7, 11) is 0. The average Bonchev–Trinajstić information content (AvgIpc) is 2.48. The van der Waals surface area contributed by atoms with Gasteiger partial charge in [0.15, 0.2) is 0 Å². The van der Waals surface area contributed by atoms with E-state index in [9.17, 15) is 4.79 Å². The number of ether oxygens (including phenoxy) is 1. The van der Waals surface area contributed by atoms with Gasteiger partial charge in [-0.3, -0.25) is 4.79 Å². The maximum absolute atomic E-state index is 12.2. The molecule has 0 fully saturated rings. The molecule has 0 aliphatic carbocycles. The van der Waals surface area contributed by atoms with Crippen LogP contribution in [0.2, 0.25) is 0 Å². The van der Waals surface area contributed by atoms with Gasteiger partial charge < -0.3 is 9.30 Å². The summed E-state index contributed by atoms with van der Waals surface area (Å²) in [4.78, 5) is 12.2. The Kier molecular flexibility index (Phi) is 5.61. The first kappa shape index (κ1) is 15.4. The molecule has 0 saturated heterocycles. The van der Waals surface area contributed by atoms with Crippen molar-refractivity contribution >= 4 is 0 Å². The zero-order valence-electron chi connectivity index (χ0n) is 12.8. The SMILES string of the molecule is CCCCCOc1cc(C)n(Cc2ccccc2)c(=O)c1. The quantitative estimate of drug-likeness (QED) is 0.725.